The van der Waals surface area contributed by atoms with Crippen LogP contribution in [0.1, 0.15) is 147 Å². The van der Waals surface area contributed by atoms with Gasteiger partial charge in [0.2, 0.25) is 0 Å². The maximum atomic E-state index is 4.84. The second-order valence-electron chi connectivity index (χ2n) is 11.0. The standard InChI is InChI=1S/C32H51N3/c1-3-5-7-9-10-11-13-15-17-28-24-34-32(35-25-28)30-22-23-31(33-26-30)29-20-18-27(19-21-29)16-14-12-8-6-4-2/h22-27,29H,3-21H2,1-2H3. The van der Waals surface area contributed by atoms with Crippen molar-refractivity contribution in [3.63, 3.8) is 0 Å². The third-order valence-corrected chi connectivity index (χ3v) is 8.05. The molecule has 0 spiro atoms. The average Bonchev–Trinajstić information content (AvgIpc) is 2.91. The second kappa shape index (κ2) is 16.8. The molecule has 0 N–H and O–H groups in total. The second-order valence-corrected chi connectivity index (χ2v) is 11.0. The van der Waals surface area contributed by atoms with Crippen molar-refractivity contribution >= 4 is 0 Å². The Morgan fingerprint density at radius 3 is 1.83 bits per heavy atom. The highest BCUT2D eigenvalue weighted by Crippen LogP contribution is 2.37. The summed E-state index contributed by atoms with van der Waals surface area (Å²) in [6, 6.07) is 4.40. The molecule has 3 nitrogen and oxygen atoms in total. The monoisotopic (exact) mass is 477 g/mol. The van der Waals surface area contributed by atoms with Crippen LogP contribution in [-0.4, -0.2) is 15.0 Å². The van der Waals surface area contributed by atoms with E-state index in [4.69, 9.17) is 4.98 Å². The van der Waals surface area contributed by atoms with Crippen LogP contribution in [0.15, 0.2) is 30.7 Å². The van der Waals surface area contributed by atoms with Crippen LogP contribution in [0, 0.1) is 5.92 Å². The SMILES string of the molecule is CCCCCCCCCCc1cnc(-c2ccc(C3CCC(CCCCCCC)CC3)nc2)nc1. The van der Waals surface area contributed by atoms with E-state index in [2.05, 4.69) is 35.9 Å². The Hall–Kier alpha value is -1.77. The molecule has 0 atom stereocenters. The fourth-order valence-corrected chi connectivity index (χ4v) is 5.66. The highest BCUT2D eigenvalue weighted by Gasteiger charge is 2.23. The van der Waals surface area contributed by atoms with Gasteiger partial charge < -0.3 is 0 Å². The summed E-state index contributed by atoms with van der Waals surface area (Å²) in [5.74, 6) is 2.38. The number of aromatic nitrogens is 3. The molecule has 194 valence electrons. The number of rotatable bonds is 17. The molecule has 0 aromatic carbocycles. The van der Waals surface area contributed by atoms with Gasteiger partial charge in [-0.1, -0.05) is 97.3 Å². The molecule has 0 radical (unpaired) electrons. The number of pyridine rings is 1. The fourth-order valence-electron chi connectivity index (χ4n) is 5.66. The number of hydrogen-bond acceptors (Lipinski definition) is 3. The van der Waals surface area contributed by atoms with Gasteiger partial charge in [-0.05, 0) is 62.1 Å². The van der Waals surface area contributed by atoms with Crippen LogP contribution in [0.2, 0.25) is 0 Å². The Morgan fingerprint density at radius 2 is 1.23 bits per heavy atom. The van der Waals surface area contributed by atoms with E-state index in [-0.39, 0.29) is 0 Å². The van der Waals surface area contributed by atoms with Crippen molar-refractivity contribution in [3.8, 4) is 11.4 Å². The van der Waals surface area contributed by atoms with Crippen LogP contribution in [0.3, 0.4) is 0 Å². The molecular formula is C32H51N3. The van der Waals surface area contributed by atoms with Crippen LogP contribution in [0.25, 0.3) is 11.4 Å². The van der Waals surface area contributed by atoms with Crippen molar-refractivity contribution in [2.75, 3.05) is 0 Å². The van der Waals surface area contributed by atoms with Crippen LogP contribution >= 0.6 is 0 Å². The molecule has 35 heavy (non-hydrogen) atoms. The third-order valence-electron chi connectivity index (χ3n) is 8.05. The number of unbranched alkanes of at least 4 members (excludes halogenated alkanes) is 11. The van der Waals surface area contributed by atoms with Crippen molar-refractivity contribution in [3.05, 3.63) is 42.0 Å². The lowest BCUT2D eigenvalue weighted by Gasteiger charge is -2.28. The molecular weight excluding hydrogens is 426 g/mol. The van der Waals surface area contributed by atoms with E-state index in [1.165, 1.54) is 127 Å². The van der Waals surface area contributed by atoms with E-state index < -0.39 is 0 Å². The summed E-state index contributed by atoms with van der Waals surface area (Å²) in [5, 5.41) is 0. The number of nitrogens with zero attached hydrogens (tertiary/aromatic N) is 3. The first-order chi connectivity index (χ1) is 17.3. The largest absolute Gasteiger partial charge is 0.260 e. The summed E-state index contributed by atoms with van der Waals surface area (Å²) < 4.78 is 0. The van der Waals surface area contributed by atoms with Gasteiger partial charge in [0.15, 0.2) is 5.82 Å². The molecule has 2 heterocycles. The fraction of sp³-hybridized carbons (Fsp3) is 0.719. The van der Waals surface area contributed by atoms with Crippen molar-refractivity contribution in [1.82, 2.24) is 15.0 Å². The first-order valence-corrected chi connectivity index (χ1v) is 15.1. The molecule has 1 saturated carbocycles. The smallest absolute Gasteiger partial charge is 0.160 e. The van der Waals surface area contributed by atoms with Gasteiger partial charge >= 0.3 is 0 Å². The molecule has 1 aliphatic rings. The molecule has 3 rings (SSSR count). The van der Waals surface area contributed by atoms with Gasteiger partial charge in [-0.2, -0.15) is 0 Å². The Morgan fingerprint density at radius 1 is 0.629 bits per heavy atom. The molecule has 1 fully saturated rings. The van der Waals surface area contributed by atoms with E-state index in [0.29, 0.717) is 5.92 Å². The molecule has 0 bridgehead atoms. The predicted octanol–water partition coefficient (Wildman–Crippen LogP) is 9.86. The normalized spacial score (nSPS) is 18.1. The lowest BCUT2D eigenvalue weighted by Crippen LogP contribution is -2.14. The lowest BCUT2D eigenvalue weighted by molar-refractivity contribution is 0.299. The minimum Gasteiger partial charge on any atom is -0.260 e. The van der Waals surface area contributed by atoms with E-state index in [0.717, 1.165) is 23.7 Å². The van der Waals surface area contributed by atoms with Gasteiger partial charge in [0.05, 0.1) is 0 Å². The average molecular weight is 478 g/mol. The predicted molar refractivity (Wildman–Crippen MR) is 150 cm³/mol. The van der Waals surface area contributed by atoms with Crippen LogP contribution in [0.5, 0.6) is 0 Å². The summed E-state index contributed by atoms with van der Waals surface area (Å²) in [5.41, 5.74) is 3.56. The number of aryl methyl sites for hydroxylation is 1. The van der Waals surface area contributed by atoms with Gasteiger partial charge in [0.25, 0.3) is 0 Å². The number of hydrogen-bond donors (Lipinski definition) is 0. The Labute approximate surface area is 216 Å². The highest BCUT2D eigenvalue weighted by molar-refractivity contribution is 5.53. The zero-order valence-electron chi connectivity index (χ0n) is 22.8. The van der Waals surface area contributed by atoms with Gasteiger partial charge in [-0.25, -0.2) is 9.97 Å². The molecule has 3 heteroatoms. The van der Waals surface area contributed by atoms with Crippen LogP contribution < -0.4 is 0 Å². The molecule has 0 unspecified atom stereocenters. The zero-order valence-corrected chi connectivity index (χ0v) is 22.8. The molecule has 0 aliphatic heterocycles. The zero-order chi connectivity index (χ0) is 24.6. The van der Waals surface area contributed by atoms with Crippen LogP contribution in [-0.2, 0) is 6.42 Å². The van der Waals surface area contributed by atoms with Gasteiger partial charge in [-0.3, -0.25) is 4.98 Å². The summed E-state index contributed by atoms with van der Waals surface area (Å²) in [7, 11) is 0. The first-order valence-electron chi connectivity index (χ1n) is 15.1. The Balaban J connectivity index is 1.35. The van der Waals surface area contributed by atoms with Crippen molar-refractivity contribution in [1.29, 1.82) is 0 Å². The lowest BCUT2D eigenvalue weighted by atomic mass is 9.78. The quantitative estimate of drug-likeness (QED) is 0.213. The minimum absolute atomic E-state index is 0.635. The summed E-state index contributed by atoms with van der Waals surface area (Å²) in [6.07, 6.45) is 31.8. The van der Waals surface area contributed by atoms with Crippen molar-refractivity contribution in [2.24, 2.45) is 5.92 Å². The summed E-state index contributed by atoms with van der Waals surface area (Å²) >= 11 is 0. The molecule has 2 aromatic heterocycles. The van der Waals surface area contributed by atoms with Crippen molar-refractivity contribution in [2.45, 2.75) is 142 Å². The first kappa shape index (κ1) is 27.8. The Bertz CT molecular complexity index is 775. The topological polar surface area (TPSA) is 38.7 Å². The van der Waals surface area contributed by atoms with E-state index in [9.17, 15) is 0 Å². The molecule has 0 saturated heterocycles. The van der Waals surface area contributed by atoms with E-state index >= 15 is 0 Å². The molecule has 1 aliphatic carbocycles. The highest BCUT2D eigenvalue weighted by atomic mass is 14.9. The Kier molecular flexibility index (Phi) is 13.4. The van der Waals surface area contributed by atoms with Crippen molar-refractivity contribution < 1.29 is 0 Å². The van der Waals surface area contributed by atoms with E-state index in [1.54, 1.807) is 0 Å². The van der Waals surface area contributed by atoms with Gasteiger partial charge in [0.1, 0.15) is 0 Å². The van der Waals surface area contributed by atoms with Gasteiger partial charge in [-0.15, -0.1) is 0 Å². The van der Waals surface area contributed by atoms with E-state index in [1.807, 2.05) is 18.6 Å². The third kappa shape index (κ3) is 10.4. The van der Waals surface area contributed by atoms with Gasteiger partial charge in [0, 0.05) is 35.8 Å². The maximum Gasteiger partial charge on any atom is 0.160 e. The summed E-state index contributed by atoms with van der Waals surface area (Å²) in [6.45, 7) is 4.57. The molecule has 0 amide bonds. The molecule has 2 aromatic rings. The summed E-state index contributed by atoms with van der Waals surface area (Å²) in [4.78, 5) is 14.1. The van der Waals surface area contributed by atoms with Crippen LogP contribution in [0.4, 0.5) is 0 Å². The minimum atomic E-state index is 0.635. The maximum absolute atomic E-state index is 4.84.